The molecule has 0 aliphatic carbocycles. The fourth-order valence-electron chi connectivity index (χ4n) is 1.48. The predicted molar refractivity (Wildman–Crippen MR) is 46.0 cm³/mol. The summed E-state index contributed by atoms with van der Waals surface area (Å²) in [5.74, 6) is -0.474. The summed E-state index contributed by atoms with van der Waals surface area (Å²) in [5, 5.41) is 9.07. The van der Waals surface area contributed by atoms with Crippen molar-refractivity contribution in [3.05, 3.63) is 35.6 Å². The first-order valence-electron chi connectivity index (χ1n) is 4.30. The zero-order valence-electron chi connectivity index (χ0n) is 7.11. The van der Waals surface area contributed by atoms with E-state index in [1.54, 1.807) is 18.2 Å². The third-order valence-electron chi connectivity index (χ3n) is 2.31. The van der Waals surface area contributed by atoms with Gasteiger partial charge in [0.2, 0.25) is 0 Å². The maximum Gasteiger partial charge on any atom is 0.126 e. The van der Waals surface area contributed by atoms with Gasteiger partial charge in [0.25, 0.3) is 0 Å². The first-order valence-corrected chi connectivity index (χ1v) is 4.30. The number of hydrogen-bond acceptors (Lipinski definition) is 2. The van der Waals surface area contributed by atoms with Crippen LogP contribution in [0.4, 0.5) is 4.39 Å². The molecule has 1 aromatic rings. The lowest BCUT2D eigenvalue weighted by atomic mass is 9.96. The Morgan fingerprint density at radius 1 is 1.54 bits per heavy atom. The number of hydrogen-bond donors (Lipinski definition) is 1. The van der Waals surface area contributed by atoms with Crippen LogP contribution >= 0.6 is 0 Å². The van der Waals surface area contributed by atoms with Crippen molar-refractivity contribution in [1.82, 2.24) is 0 Å². The van der Waals surface area contributed by atoms with E-state index < -0.39 is 0 Å². The first-order chi connectivity index (χ1) is 6.33. The van der Waals surface area contributed by atoms with Gasteiger partial charge in [-0.25, -0.2) is 4.39 Å². The summed E-state index contributed by atoms with van der Waals surface area (Å²) in [5.41, 5.74) is 0.549. The van der Waals surface area contributed by atoms with Crippen LogP contribution in [-0.2, 0) is 4.74 Å². The van der Waals surface area contributed by atoms with Gasteiger partial charge in [-0.1, -0.05) is 18.2 Å². The van der Waals surface area contributed by atoms with Crippen molar-refractivity contribution in [3.8, 4) is 0 Å². The molecule has 2 atom stereocenters. The molecule has 0 saturated carbocycles. The molecule has 1 aliphatic heterocycles. The van der Waals surface area contributed by atoms with E-state index in [0.717, 1.165) is 0 Å². The number of aliphatic hydroxyl groups excluding tert-OH is 1. The number of benzene rings is 1. The monoisotopic (exact) mass is 182 g/mol. The van der Waals surface area contributed by atoms with E-state index in [9.17, 15) is 4.39 Å². The number of aliphatic hydroxyl groups is 1. The summed E-state index contributed by atoms with van der Waals surface area (Å²) < 4.78 is 18.3. The molecule has 1 aliphatic rings. The third-order valence-corrected chi connectivity index (χ3v) is 2.31. The van der Waals surface area contributed by atoms with Gasteiger partial charge in [0, 0.05) is 5.92 Å². The Kier molecular flexibility index (Phi) is 2.29. The van der Waals surface area contributed by atoms with E-state index in [0.29, 0.717) is 12.2 Å². The van der Waals surface area contributed by atoms with Crippen LogP contribution in [0.15, 0.2) is 24.3 Å². The molecule has 70 valence electrons. The van der Waals surface area contributed by atoms with Gasteiger partial charge in [-0.3, -0.25) is 0 Å². The second kappa shape index (κ2) is 3.44. The van der Waals surface area contributed by atoms with Gasteiger partial charge in [0.15, 0.2) is 0 Å². The van der Waals surface area contributed by atoms with Gasteiger partial charge in [0.1, 0.15) is 5.82 Å². The molecule has 0 radical (unpaired) electrons. The average Bonchev–Trinajstić information content (AvgIpc) is 2.93. The SMILES string of the molecule is OCC(c1ccccc1F)C1CO1. The second-order valence-corrected chi connectivity index (χ2v) is 3.18. The van der Waals surface area contributed by atoms with Crippen LogP contribution in [-0.4, -0.2) is 24.4 Å². The number of epoxide rings is 1. The Morgan fingerprint density at radius 3 is 2.77 bits per heavy atom. The quantitative estimate of drug-likeness (QED) is 0.715. The second-order valence-electron chi connectivity index (χ2n) is 3.18. The summed E-state index contributed by atoms with van der Waals surface area (Å²) in [4.78, 5) is 0. The van der Waals surface area contributed by atoms with E-state index in [1.165, 1.54) is 6.07 Å². The van der Waals surface area contributed by atoms with Crippen molar-refractivity contribution in [3.63, 3.8) is 0 Å². The first kappa shape index (κ1) is 8.66. The summed E-state index contributed by atoms with van der Waals surface area (Å²) in [7, 11) is 0. The molecule has 1 saturated heterocycles. The smallest absolute Gasteiger partial charge is 0.126 e. The van der Waals surface area contributed by atoms with Crippen molar-refractivity contribution in [2.24, 2.45) is 0 Å². The normalized spacial score (nSPS) is 22.8. The Labute approximate surface area is 76.0 Å². The fourth-order valence-corrected chi connectivity index (χ4v) is 1.48. The molecule has 13 heavy (non-hydrogen) atoms. The molecule has 3 heteroatoms. The molecular weight excluding hydrogens is 171 g/mol. The Balaban J connectivity index is 2.26. The van der Waals surface area contributed by atoms with Crippen LogP contribution in [0.5, 0.6) is 0 Å². The minimum absolute atomic E-state index is 0.00176. The molecule has 1 aromatic carbocycles. The maximum atomic E-state index is 13.2. The highest BCUT2D eigenvalue weighted by atomic mass is 19.1. The van der Waals surface area contributed by atoms with Crippen LogP contribution < -0.4 is 0 Å². The van der Waals surface area contributed by atoms with Crippen LogP contribution in [0.2, 0.25) is 0 Å². The molecule has 2 rings (SSSR count). The summed E-state index contributed by atoms with van der Waals surface area (Å²) in [6, 6.07) is 6.50. The summed E-state index contributed by atoms with van der Waals surface area (Å²) >= 11 is 0. The zero-order chi connectivity index (χ0) is 9.26. The number of ether oxygens (including phenoxy) is 1. The highest BCUT2D eigenvalue weighted by molar-refractivity contribution is 5.24. The Morgan fingerprint density at radius 2 is 2.23 bits per heavy atom. The predicted octanol–water partition coefficient (Wildman–Crippen LogP) is 1.30. The molecule has 2 nitrogen and oxygen atoms in total. The highest BCUT2D eigenvalue weighted by Gasteiger charge is 2.34. The van der Waals surface area contributed by atoms with Crippen LogP contribution in [0, 0.1) is 5.82 Å². The van der Waals surface area contributed by atoms with Crippen molar-refractivity contribution in [2.75, 3.05) is 13.2 Å². The van der Waals surface area contributed by atoms with E-state index in [1.807, 2.05) is 0 Å². The molecule has 2 unspecified atom stereocenters. The molecule has 1 N–H and O–H groups in total. The minimum atomic E-state index is -0.267. The van der Waals surface area contributed by atoms with Gasteiger partial charge < -0.3 is 9.84 Å². The lowest BCUT2D eigenvalue weighted by Gasteiger charge is -2.11. The molecule has 0 aromatic heterocycles. The molecule has 0 bridgehead atoms. The lowest BCUT2D eigenvalue weighted by Crippen LogP contribution is -2.12. The van der Waals surface area contributed by atoms with E-state index in [-0.39, 0.29) is 24.4 Å². The summed E-state index contributed by atoms with van der Waals surface area (Å²) in [6.45, 7) is 0.561. The van der Waals surface area contributed by atoms with Gasteiger partial charge in [-0.2, -0.15) is 0 Å². The number of rotatable bonds is 3. The van der Waals surface area contributed by atoms with Crippen molar-refractivity contribution < 1.29 is 14.2 Å². The molecule has 1 heterocycles. The van der Waals surface area contributed by atoms with Crippen LogP contribution in [0.3, 0.4) is 0 Å². The fraction of sp³-hybridized carbons (Fsp3) is 0.400. The van der Waals surface area contributed by atoms with Crippen LogP contribution in [0.25, 0.3) is 0 Å². The standard InChI is InChI=1S/C10H11FO2/c11-9-4-2-1-3-7(9)8(5-12)10-6-13-10/h1-4,8,10,12H,5-6H2. The van der Waals surface area contributed by atoms with E-state index in [4.69, 9.17) is 9.84 Å². The van der Waals surface area contributed by atoms with E-state index in [2.05, 4.69) is 0 Å². The third kappa shape index (κ3) is 1.71. The van der Waals surface area contributed by atoms with E-state index >= 15 is 0 Å². The maximum absolute atomic E-state index is 13.2. The minimum Gasteiger partial charge on any atom is -0.396 e. The average molecular weight is 182 g/mol. The summed E-state index contributed by atoms with van der Waals surface area (Å²) in [6.07, 6.45) is 0.00176. The van der Waals surface area contributed by atoms with Crippen molar-refractivity contribution in [1.29, 1.82) is 0 Å². The highest BCUT2D eigenvalue weighted by Crippen LogP contribution is 2.30. The van der Waals surface area contributed by atoms with Crippen LogP contribution in [0.1, 0.15) is 11.5 Å². The topological polar surface area (TPSA) is 32.8 Å². The molecular formula is C10H11FO2. The number of halogens is 1. The molecule has 1 fully saturated rings. The molecule has 0 spiro atoms. The van der Waals surface area contributed by atoms with Gasteiger partial charge >= 0.3 is 0 Å². The Bertz CT molecular complexity index is 297. The van der Waals surface area contributed by atoms with Gasteiger partial charge in [0.05, 0.1) is 19.3 Å². The van der Waals surface area contributed by atoms with Crippen molar-refractivity contribution >= 4 is 0 Å². The molecule has 0 amide bonds. The largest absolute Gasteiger partial charge is 0.396 e. The van der Waals surface area contributed by atoms with Gasteiger partial charge in [-0.05, 0) is 11.6 Å². The van der Waals surface area contributed by atoms with Gasteiger partial charge in [-0.15, -0.1) is 0 Å². The van der Waals surface area contributed by atoms with Crippen molar-refractivity contribution in [2.45, 2.75) is 12.0 Å². The lowest BCUT2D eigenvalue weighted by molar-refractivity contribution is 0.233. The Hall–Kier alpha value is -0.930. The zero-order valence-corrected chi connectivity index (χ0v) is 7.11.